The number of halogens is 1. The van der Waals surface area contributed by atoms with Gasteiger partial charge in [0.25, 0.3) is 0 Å². The van der Waals surface area contributed by atoms with Crippen molar-refractivity contribution >= 4 is 29.5 Å². The number of rotatable bonds is 7. The van der Waals surface area contributed by atoms with E-state index in [0.29, 0.717) is 41.0 Å². The number of aliphatic hydroxyl groups excluding tert-OH is 1. The zero-order valence-corrected chi connectivity index (χ0v) is 17.9. The average Bonchev–Trinajstić information content (AvgIpc) is 3.10. The minimum absolute atomic E-state index is 0.0366. The van der Waals surface area contributed by atoms with Crippen molar-refractivity contribution < 1.29 is 23.4 Å². The molecule has 1 N–H and O–H groups in total. The van der Waals surface area contributed by atoms with Crippen molar-refractivity contribution in [3.8, 4) is 28.7 Å². The molecule has 8 heteroatoms. The molecule has 0 spiro atoms. The van der Waals surface area contributed by atoms with E-state index in [1.165, 1.54) is 12.1 Å². The summed E-state index contributed by atoms with van der Waals surface area (Å²) in [7, 11) is 1.59. The predicted molar refractivity (Wildman–Crippen MR) is 121 cm³/mol. The van der Waals surface area contributed by atoms with Crippen LogP contribution in [0.15, 0.2) is 59.1 Å². The highest BCUT2D eigenvalue weighted by molar-refractivity contribution is 7.81. The fraction of sp³-hybridized carbons (Fsp3) is 0.174. The summed E-state index contributed by atoms with van der Waals surface area (Å²) in [6.07, 6.45) is 1.67. The van der Waals surface area contributed by atoms with Gasteiger partial charge in [-0.1, -0.05) is 12.8 Å². The molecule has 31 heavy (non-hydrogen) atoms. The summed E-state index contributed by atoms with van der Waals surface area (Å²) >= 11 is 4.42. The second-order valence-corrected chi connectivity index (χ2v) is 7.35. The summed E-state index contributed by atoms with van der Waals surface area (Å²) in [5.41, 5.74) is 3.11. The van der Waals surface area contributed by atoms with E-state index < -0.39 is 0 Å². The van der Waals surface area contributed by atoms with E-state index >= 15 is 0 Å². The number of furan rings is 1. The van der Waals surface area contributed by atoms with Crippen LogP contribution in [0.3, 0.4) is 0 Å². The molecule has 6 nitrogen and oxygen atoms in total. The lowest BCUT2D eigenvalue weighted by atomic mass is 10.1. The number of hydrogen-bond donors (Lipinski definition) is 2. The summed E-state index contributed by atoms with van der Waals surface area (Å²) in [4.78, 5) is 4.34. The molecule has 0 saturated carbocycles. The van der Waals surface area contributed by atoms with Crippen molar-refractivity contribution in [3.05, 3.63) is 66.1 Å². The van der Waals surface area contributed by atoms with Crippen molar-refractivity contribution in [2.45, 2.75) is 6.92 Å². The van der Waals surface area contributed by atoms with Gasteiger partial charge in [0.2, 0.25) is 5.88 Å². The zero-order valence-electron chi connectivity index (χ0n) is 17.0. The average molecular weight is 440 g/mol. The topological polar surface area (TPSA) is 68.0 Å². The van der Waals surface area contributed by atoms with Gasteiger partial charge in [-0.15, -0.1) is 0 Å². The van der Waals surface area contributed by atoms with Gasteiger partial charge in [-0.25, -0.2) is 9.37 Å². The molecule has 0 radical (unpaired) electrons. The van der Waals surface area contributed by atoms with Crippen LogP contribution in [0.5, 0.6) is 17.4 Å². The monoisotopic (exact) mass is 440 g/mol. The normalized spacial score (nSPS) is 11.0. The standard InChI is InChI=1S/C23H21FN2O4S/c1-14-18-11-21(28-2)19(26(31)9-10-27)12-20(18)30-23(14)15-3-8-22(25-13-15)29-17-6-4-16(24)5-7-17/h3-8,11-13,27,31H,9-10H2,1-2H3. The van der Waals surface area contributed by atoms with Gasteiger partial charge < -0.3 is 23.3 Å². The van der Waals surface area contributed by atoms with E-state index in [2.05, 4.69) is 17.8 Å². The fourth-order valence-corrected chi connectivity index (χ4v) is 3.54. The Labute approximate surface area is 184 Å². The molecule has 0 saturated heterocycles. The third-order valence-electron chi connectivity index (χ3n) is 4.86. The number of aryl methyl sites for hydroxylation is 1. The van der Waals surface area contributed by atoms with Crippen LogP contribution in [0, 0.1) is 12.7 Å². The molecule has 0 bridgehead atoms. The first-order valence-corrected chi connectivity index (χ1v) is 9.98. The number of nitrogens with zero attached hydrogens (tertiary/aromatic N) is 2. The maximum Gasteiger partial charge on any atom is 0.219 e. The van der Waals surface area contributed by atoms with E-state index in [1.807, 2.05) is 25.1 Å². The van der Waals surface area contributed by atoms with Gasteiger partial charge in [-0.3, -0.25) is 0 Å². The second-order valence-electron chi connectivity index (χ2n) is 6.86. The number of methoxy groups -OCH3 is 1. The minimum Gasteiger partial charge on any atom is -0.495 e. The Bertz CT molecular complexity index is 1190. The first-order chi connectivity index (χ1) is 15.0. The van der Waals surface area contributed by atoms with Gasteiger partial charge >= 0.3 is 0 Å². The SMILES string of the molecule is COc1cc2c(C)c(-c3ccc(Oc4ccc(F)cc4)nc3)oc2cc1N(S)CCO. The number of thiol groups is 1. The number of pyridine rings is 1. The highest BCUT2D eigenvalue weighted by Crippen LogP contribution is 2.40. The van der Waals surface area contributed by atoms with E-state index in [4.69, 9.17) is 13.9 Å². The Morgan fingerprint density at radius 3 is 2.58 bits per heavy atom. The van der Waals surface area contributed by atoms with Crippen LogP contribution in [0.2, 0.25) is 0 Å². The molecule has 4 rings (SSSR count). The first kappa shape index (κ1) is 21.0. The van der Waals surface area contributed by atoms with Gasteiger partial charge in [0.15, 0.2) is 0 Å². The number of hydrogen-bond acceptors (Lipinski definition) is 7. The molecule has 2 aromatic carbocycles. The predicted octanol–water partition coefficient (Wildman–Crippen LogP) is 5.39. The number of ether oxygens (including phenoxy) is 2. The van der Waals surface area contributed by atoms with Crippen LogP contribution in [-0.2, 0) is 0 Å². The van der Waals surface area contributed by atoms with E-state index in [-0.39, 0.29) is 12.4 Å². The molecule has 0 aliphatic rings. The summed E-state index contributed by atoms with van der Waals surface area (Å²) in [6.45, 7) is 2.28. The number of aliphatic hydroxyl groups is 1. The second kappa shape index (κ2) is 8.87. The summed E-state index contributed by atoms with van der Waals surface area (Å²) in [6, 6.07) is 13.1. The number of fused-ring (bicyclic) bond motifs is 1. The molecule has 0 aliphatic carbocycles. The van der Waals surface area contributed by atoms with Gasteiger partial charge in [-0.2, -0.15) is 0 Å². The van der Waals surface area contributed by atoms with Gasteiger partial charge in [-0.05, 0) is 43.3 Å². The lowest BCUT2D eigenvalue weighted by Crippen LogP contribution is -2.15. The Kier molecular flexibility index (Phi) is 6.01. The van der Waals surface area contributed by atoms with Gasteiger partial charge in [0, 0.05) is 34.8 Å². The van der Waals surface area contributed by atoms with Crippen LogP contribution in [0.25, 0.3) is 22.3 Å². The maximum absolute atomic E-state index is 13.0. The molecule has 160 valence electrons. The van der Waals surface area contributed by atoms with Crippen molar-refractivity contribution in [1.82, 2.24) is 4.98 Å². The fourth-order valence-electron chi connectivity index (χ4n) is 3.29. The summed E-state index contributed by atoms with van der Waals surface area (Å²) in [5, 5.41) is 10.1. The maximum atomic E-state index is 13.0. The summed E-state index contributed by atoms with van der Waals surface area (Å²) in [5.74, 6) is 1.88. The van der Waals surface area contributed by atoms with E-state index in [9.17, 15) is 9.50 Å². The Balaban J connectivity index is 1.65. The number of benzene rings is 2. The third-order valence-corrected chi connectivity index (χ3v) is 5.28. The smallest absolute Gasteiger partial charge is 0.219 e. The van der Waals surface area contributed by atoms with E-state index in [1.54, 1.807) is 35.8 Å². The van der Waals surface area contributed by atoms with Gasteiger partial charge in [0.05, 0.1) is 25.9 Å². The number of anilines is 1. The third kappa shape index (κ3) is 4.30. The molecule has 4 aromatic rings. The lowest BCUT2D eigenvalue weighted by molar-refractivity contribution is 0.307. The molecular weight excluding hydrogens is 419 g/mol. The highest BCUT2D eigenvalue weighted by atomic mass is 32.1. The Morgan fingerprint density at radius 1 is 1.16 bits per heavy atom. The molecule has 0 unspecified atom stereocenters. The van der Waals surface area contributed by atoms with Crippen LogP contribution in [0.1, 0.15) is 5.56 Å². The summed E-state index contributed by atoms with van der Waals surface area (Å²) < 4.78 is 31.9. The first-order valence-electron chi connectivity index (χ1n) is 9.58. The molecular formula is C23H21FN2O4S. The van der Waals surface area contributed by atoms with E-state index in [0.717, 1.165) is 16.5 Å². The largest absolute Gasteiger partial charge is 0.495 e. The lowest BCUT2D eigenvalue weighted by Gasteiger charge is -2.19. The van der Waals surface area contributed by atoms with Crippen molar-refractivity contribution in [1.29, 1.82) is 0 Å². The quantitative estimate of drug-likeness (QED) is 0.376. The van der Waals surface area contributed by atoms with Crippen molar-refractivity contribution in [2.24, 2.45) is 0 Å². The molecule has 0 amide bonds. The van der Waals surface area contributed by atoms with Gasteiger partial charge in [0.1, 0.15) is 28.7 Å². The van der Waals surface area contributed by atoms with Crippen molar-refractivity contribution in [3.63, 3.8) is 0 Å². The molecule has 0 aliphatic heterocycles. The van der Waals surface area contributed by atoms with Crippen molar-refractivity contribution in [2.75, 3.05) is 24.6 Å². The van der Waals surface area contributed by atoms with Crippen LogP contribution >= 0.6 is 12.8 Å². The molecule has 0 fully saturated rings. The molecule has 2 heterocycles. The highest BCUT2D eigenvalue weighted by Gasteiger charge is 2.18. The number of aromatic nitrogens is 1. The van der Waals surface area contributed by atoms with Crippen LogP contribution in [-0.4, -0.2) is 30.4 Å². The molecule has 0 atom stereocenters. The van der Waals surface area contributed by atoms with Crippen LogP contribution in [0.4, 0.5) is 10.1 Å². The van der Waals surface area contributed by atoms with Crippen LogP contribution < -0.4 is 13.8 Å². The minimum atomic E-state index is -0.326. The Morgan fingerprint density at radius 2 is 1.94 bits per heavy atom. The zero-order chi connectivity index (χ0) is 22.0. The Hall–Kier alpha value is -3.23. The molecule has 2 aromatic heterocycles.